The van der Waals surface area contributed by atoms with Gasteiger partial charge in [0.15, 0.2) is 0 Å². The highest BCUT2D eigenvalue weighted by molar-refractivity contribution is 6.09. The van der Waals surface area contributed by atoms with Crippen molar-refractivity contribution in [3.8, 4) is 0 Å². The number of para-hydroxylation sites is 1. The summed E-state index contributed by atoms with van der Waals surface area (Å²) >= 11 is 0. The molecule has 0 aliphatic heterocycles. The Kier molecular flexibility index (Phi) is 9.16. The van der Waals surface area contributed by atoms with E-state index in [2.05, 4.69) is 16.7 Å². The van der Waals surface area contributed by atoms with Crippen molar-refractivity contribution in [2.75, 3.05) is 30.9 Å². The first-order chi connectivity index (χ1) is 23.4. The topological polar surface area (TPSA) is 103 Å². The largest absolute Gasteiger partial charge is 0.387 e. The van der Waals surface area contributed by atoms with Crippen LogP contribution in [0.5, 0.6) is 0 Å². The number of aliphatic hydroxyl groups excluding tert-OH is 1. The molecule has 1 aromatic heterocycles. The minimum absolute atomic E-state index is 0.0501. The molecule has 2 unspecified atom stereocenters. The summed E-state index contributed by atoms with van der Waals surface area (Å²) in [6, 6.07) is 34.2. The number of hydrogen-bond donors (Lipinski definition) is 3. The van der Waals surface area contributed by atoms with Crippen LogP contribution in [0.2, 0.25) is 0 Å². The molecule has 5 aromatic rings. The van der Waals surface area contributed by atoms with E-state index in [1.54, 1.807) is 0 Å². The molecule has 244 valence electrons. The van der Waals surface area contributed by atoms with E-state index < -0.39 is 6.10 Å². The predicted molar refractivity (Wildman–Crippen MR) is 193 cm³/mol. The molecule has 7 rings (SSSR count). The van der Waals surface area contributed by atoms with Crippen molar-refractivity contribution in [3.05, 3.63) is 131 Å². The number of aromatic nitrogens is 2. The highest BCUT2D eigenvalue weighted by atomic mass is 16.3. The van der Waals surface area contributed by atoms with E-state index in [0.717, 1.165) is 70.4 Å². The maximum absolute atomic E-state index is 13.0. The lowest BCUT2D eigenvalue weighted by atomic mass is 9.86. The maximum atomic E-state index is 13.0. The number of rotatable bonds is 9. The van der Waals surface area contributed by atoms with Gasteiger partial charge < -0.3 is 20.6 Å². The molecule has 0 bridgehead atoms. The van der Waals surface area contributed by atoms with Crippen LogP contribution in [0, 0.1) is 5.92 Å². The number of nitrogens with zero attached hydrogens (tertiary/aromatic N) is 4. The summed E-state index contributed by atoms with van der Waals surface area (Å²) in [4.78, 5) is 29.6. The summed E-state index contributed by atoms with van der Waals surface area (Å²) in [5.41, 5.74) is 6.47. The fourth-order valence-electron chi connectivity index (χ4n) is 7.10. The van der Waals surface area contributed by atoms with Gasteiger partial charge in [0.1, 0.15) is 5.82 Å². The number of fused-ring (bicyclic) bond motifs is 2. The van der Waals surface area contributed by atoms with Crippen molar-refractivity contribution < 1.29 is 9.90 Å². The van der Waals surface area contributed by atoms with E-state index in [-0.39, 0.29) is 11.8 Å². The SMILES string of the molecule is CN(C)c1nc(NC2CCC(CNC(=O)c3ccc(CN=C4c5ccccc5C(O)C4c4ccccc4)cc3)CC2)nc2ccccc12. The van der Waals surface area contributed by atoms with Crippen molar-refractivity contribution in [2.45, 2.75) is 50.3 Å². The van der Waals surface area contributed by atoms with Gasteiger partial charge in [-0.15, -0.1) is 0 Å². The molecule has 0 saturated heterocycles. The first-order valence-electron chi connectivity index (χ1n) is 16.9. The van der Waals surface area contributed by atoms with Gasteiger partial charge in [0.2, 0.25) is 5.95 Å². The van der Waals surface area contributed by atoms with Gasteiger partial charge in [-0.25, -0.2) is 4.98 Å². The molecule has 2 aliphatic carbocycles. The lowest BCUT2D eigenvalue weighted by molar-refractivity contribution is 0.0943. The number of carbonyl (C=O) groups is 1. The zero-order valence-electron chi connectivity index (χ0n) is 27.5. The molecule has 1 amide bonds. The molecular weight excluding hydrogens is 596 g/mol. The zero-order valence-corrected chi connectivity index (χ0v) is 27.5. The number of carbonyl (C=O) groups excluding carboxylic acids is 1. The van der Waals surface area contributed by atoms with Crippen LogP contribution in [0.4, 0.5) is 11.8 Å². The quantitative estimate of drug-likeness (QED) is 0.162. The van der Waals surface area contributed by atoms with E-state index in [1.807, 2.05) is 116 Å². The van der Waals surface area contributed by atoms with Crippen molar-refractivity contribution in [3.63, 3.8) is 0 Å². The third kappa shape index (κ3) is 6.66. The molecule has 1 heterocycles. The average Bonchev–Trinajstić information content (AvgIpc) is 3.41. The molecule has 1 fully saturated rings. The molecular formula is C40H42N6O2. The highest BCUT2D eigenvalue weighted by Gasteiger charge is 2.37. The van der Waals surface area contributed by atoms with E-state index in [1.165, 1.54) is 0 Å². The molecule has 8 nitrogen and oxygen atoms in total. The Balaban J connectivity index is 0.924. The fourth-order valence-corrected chi connectivity index (χ4v) is 7.10. The number of amides is 1. The van der Waals surface area contributed by atoms with E-state index in [4.69, 9.17) is 15.0 Å². The lowest BCUT2D eigenvalue weighted by Crippen LogP contribution is -2.34. The van der Waals surface area contributed by atoms with Gasteiger partial charge in [-0.1, -0.05) is 78.9 Å². The monoisotopic (exact) mass is 638 g/mol. The first-order valence-corrected chi connectivity index (χ1v) is 16.9. The van der Waals surface area contributed by atoms with Crippen molar-refractivity contribution in [1.29, 1.82) is 0 Å². The minimum Gasteiger partial charge on any atom is -0.387 e. The van der Waals surface area contributed by atoms with E-state index >= 15 is 0 Å². The molecule has 3 N–H and O–H groups in total. The first kappa shape index (κ1) is 31.5. The summed E-state index contributed by atoms with van der Waals surface area (Å²) in [6.07, 6.45) is 3.46. The van der Waals surface area contributed by atoms with Crippen LogP contribution in [0.1, 0.15) is 70.3 Å². The second-order valence-electron chi connectivity index (χ2n) is 13.2. The van der Waals surface area contributed by atoms with E-state index in [0.29, 0.717) is 36.6 Å². The molecule has 0 spiro atoms. The second kappa shape index (κ2) is 14.0. The van der Waals surface area contributed by atoms with Crippen LogP contribution in [-0.4, -0.2) is 53.4 Å². The number of aliphatic imine (C=N–C) groups is 1. The second-order valence-corrected chi connectivity index (χ2v) is 13.2. The number of hydrogen-bond acceptors (Lipinski definition) is 7. The third-order valence-corrected chi connectivity index (χ3v) is 9.71. The van der Waals surface area contributed by atoms with Gasteiger partial charge in [-0.05, 0) is 72.6 Å². The predicted octanol–water partition coefficient (Wildman–Crippen LogP) is 6.92. The zero-order chi connectivity index (χ0) is 33.0. The van der Waals surface area contributed by atoms with Crippen LogP contribution < -0.4 is 15.5 Å². The Hall–Kier alpha value is -5.08. The molecule has 2 aliphatic rings. The Morgan fingerprint density at radius 3 is 2.33 bits per heavy atom. The van der Waals surface area contributed by atoms with E-state index in [9.17, 15) is 9.90 Å². The van der Waals surface area contributed by atoms with Gasteiger partial charge in [0.25, 0.3) is 5.91 Å². The van der Waals surface area contributed by atoms with Crippen LogP contribution in [0.3, 0.4) is 0 Å². The smallest absolute Gasteiger partial charge is 0.251 e. The average molecular weight is 639 g/mol. The Morgan fingerprint density at radius 2 is 1.56 bits per heavy atom. The van der Waals surface area contributed by atoms with Gasteiger partial charge in [0.05, 0.1) is 29.8 Å². The Bertz CT molecular complexity index is 1920. The van der Waals surface area contributed by atoms with Crippen LogP contribution in [0.15, 0.2) is 108 Å². The molecule has 4 aromatic carbocycles. The molecule has 1 saturated carbocycles. The van der Waals surface area contributed by atoms with Gasteiger partial charge >= 0.3 is 0 Å². The summed E-state index contributed by atoms with van der Waals surface area (Å²) in [5.74, 6) is 1.77. The summed E-state index contributed by atoms with van der Waals surface area (Å²) in [6.45, 7) is 1.14. The lowest BCUT2D eigenvalue weighted by Gasteiger charge is -2.29. The van der Waals surface area contributed by atoms with Crippen molar-refractivity contribution in [1.82, 2.24) is 15.3 Å². The molecule has 2 atom stereocenters. The fraction of sp³-hybridized carbons (Fsp3) is 0.300. The number of benzene rings is 4. The highest BCUT2D eigenvalue weighted by Crippen LogP contribution is 2.43. The normalized spacial score (nSPS) is 21.2. The maximum Gasteiger partial charge on any atom is 0.251 e. The third-order valence-electron chi connectivity index (χ3n) is 9.71. The van der Waals surface area contributed by atoms with Crippen LogP contribution >= 0.6 is 0 Å². The standard InChI is InChI=1S/C40H42N6O2/c1-46(2)38-33-14-8-9-15-34(33)44-40(45-38)43-30-22-18-27(19-23-30)25-42-39(48)29-20-16-26(17-21-29)24-41-36-31-12-6-7-13-32(31)37(47)35(36)28-10-4-3-5-11-28/h3-17,20-21,27,30,35,37,47H,18-19,22-25H2,1-2H3,(H,42,48)(H,43,44,45). The van der Waals surface area contributed by atoms with Crippen LogP contribution in [-0.2, 0) is 6.54 Å². The van der Waals surface area contributed by atoms with Gasteiger partial charge in [-0.2, -0.15) is 4.98 Å². The molecule has 0 radical (unpaired) electrons. The Morgan fingerprint density at radius 1 is 0.854 bits per heavy atom. The van der Waals surface area contributed by atoms with Crippen molar-refractivity contribution >= 4 is 34.3 Å². The summed E-state index contributed by atoms with van der Waals surface area (Å²) in [7, 11) is 4.01. The minimum atomic E-state index is -0.630. The van der Waals surface area contributed by atoms with Crippen LogP contribution in [0.25, 0.3) is 10.9 Å². The summed E-state index contributed by atoms with van der Waals surface area (Å²) in [5, 5.41) is 19.0. The number of anilines is 2. The number of aliphatic hydroxyl groups is 1. The van der Waals surface area contributed by atoms with Gasteiger partial charge in [0, 0.05) is 43.2 Å². The number of nitrogens with one attached hydrogen (secondary N) is 2. The van der Waals surface area contributed by atoms with Gasteiger partial charge in [-0.3, -0.25) is 9.79 Å². The molecule has 8 heteroatoms. The molecule has 48 heavy (non-hydrogen) atoms. The summed E-state index contributed by atoms with van der Waals surface area (Å²) < 4.78 is 0. The van der Waals surface area contributed by atoms with Crippen molar-refractivity contribution in [2.24, 2.45) is 10.9 Å². The Labute approximate surface area is 282 Å².